The number of hydrogen-bond acceptors (Lipinski definition) is 3. The van der Waals surface area contributed by atoms with Crippen LogP contribution in [-0.2, 0) is 37.5 Å². The van der Waals surface area contributed by atoms with Crippen LogP contribution in [0.15, 0.2) is 31.0 Å². The number of rotatable bonds is 3. The van der Waals surface area contributed by atoms with E-state index in [2.05, 4.69) is 23.1 Å². The fourth-order valence-electron chi connectivity index (χ4n) is 1.84. The number of pyridine rings is 1. The summed E-state index contributed by atoms with van der Waals surface area (Å²) >= 11 is 0. The molecule has 1 aliphatic rings. The molecule has 5 nitrogen and oxygen atoms in total. The fourth-order valence-corrected chi connectivity index (χ4v) is 1.84. The molecule has 0 atom stereocenters. The zero-order chi connectivity index (χ0) is 15.0. The van der Waals surface area contributed by atoms with Crippen LogP contribution in [0, 0.1) is 12.1 Å². The van der Waals surface area contributed by atoms with Crippen molar-refractivity contribution in [3.8, 4) is 0 Å². The second-order valence-corrected chi connectivity index (χ2v) is 3.93. The SMILES string of the molecule is C=[C-]NC(=O)[C-]1CCN(C(=O)c2ccccn2)C1.[3H]C.[Y]. The topological polar surface area (TPSA) is 62.3 Å². The van der Waals surface area contributed by atoms with Crippen LogP contribution in [0.1, 0.15) is 25.7 Å². The van der Waals surface area contributed by atoms with Crippen LogP contribution >= 0.6 is 0 Å². The molecule has 1 fully saturated rings. The zero-order valence-electron chi connectivity index (χ0n) is 12.4. The van der Waals surface area contributed by atoms with E-state index in [9.17, 15) is 9.59 Å². The van der Waals surface area contributed by atoms with E-state index in [1.54, 1.807) is 29.3 Å². The van der Waals surface area contributed by atoms with Crippen LogP contribution in [0.2, 0.25) is 0 Å². The Morgan fingerprint density at radius 2 is 2.30 bits per heavy atom. The van der Waals surface area contributed by atoms with E-state index >= 15 is 0 Å². The van der Waals surface area contributed by atoms with E-state index in [0.717, 1.165) is 0 Å². The molecule has 0 saturated carbocycles. The predicted octanol–water partition coefficient (Wildman–Crippen LogP) is 1.20. The van der Waals surface area contributed by atoms with E-state index in [0.29, 0.717) is 31.1 Å². The molecule has 1 saturated heterocycles. The third kappa shape index (κ3) is 4.42. The number of hydrogen-bond donors (Lipinski definition) is 1. The second kappa shape index (κ2) is 8.87. The minimum Gasteiger partial charge on any atom is -0.521 e. The van der Waals surface area contributed by atoms with Crippen molar-refractivity contribution < 1.29 is 43.7 Å². The minimum atomic E-state index is -0.221. The summed E-state index contributed by atoms with van der Waals surface area (Å²) in [7, 11) is 1.25. The normalized spacial score (nSPS) is 13.3. The summed E-state index contributed by atoms with van der Waals surface area (Å²) in [4.78, 5) is 29.2. The largest absolute Gasteiger partial charge is 0.521 e. The van der Waals surface area contributed by atoms with Crippen molar-refractivity contribution >= 4 is 11.8 Å². The number of carbonyl (C=O) groups is 2. The maximum atomic E-state index is 12.1. The van der Waals surface area contributed by atoms with E-state index in [-0.39, 0.29) is 44.5 Å². The Hall–Kier alpha value is -1.20. The average molecular weight is 350 g/mol. The standard InChI is InChI=1S/C13H13N3O2.CH4.Y/c1-2-14-12(17)10-6-8-16(9-10)13(18)11-5-3-4-7-15-11;;/h3-5,7H,1,6,8-9H2,(H,14,17);1H4;/q-2;;/i;1T;. The van der Waals surface area contributed by atoms with E-state index < -0.39 is 0 Å². The second-order valence-electron chi connectivity index (χ2n) is 3.93. The van der Waals surface area contributed by atoms with E-state index in [1.165, 1.54) is 7.40 Å². The van der Waals surface area contributed by atoms with Gasteiger partial charge in [0.2, 0.25) is 0 Å². The van der Waals surface area contributed by atoms with Crippen molar-refractivity contribution in [2.45, 2.75) is 13.8 Å². The van der Waals surface area contributed by atoms with Crippen LogP contribution in [-0.4, -0.2) is 34.8 Å². The van der Waals surface area contributed by atoms with Gasteiger partial charge in [-0.1, -0.05) is 25.9 Å². The van der Waals surface area contributed by atoms with E-state index in [1.807, 2.05) is 0 Å². The molecular weight excluding hydrogens is 331 g/mol. The van der Waals surface area contributed by atoms with Crippen LogP contribution in [0.3, 0.4) is 0 Å². The first-order valence-electron chi connectivity index (χ1n) is 6.60. The molecule has 2 heterocycles. The molecule has 0 spiro atoms. The quantitative estimate of drug-likeness (QED) is 0.658. The zero-order valence-corrected chi connectivity index (χ0v) is 14.3. The molecule has 0 bridgehead atoms. The molecule has 1 aliphatic heterocycles. The number of likely N-dealkylation sites (tertiary alicyclic amines) is 1. The molecule has 2 amide bonds. The Bertz CT molecular complexity index is 471. The van der Waals surface area contributed by atoms with Crippen LogP contribution < -0.4 is 5.32 Å². The fraction of sp³-hybridized carbons (Fsp3) is 0.286. The van der Waals surface area contributed by atoms with Crippen molar-refractivity contribution in [2.24, 2.45) is 0 Å². The number of nitrogens with zero attached hydrogens (tertiary/aromatic N) is 2. The molecule has 105 valence electrons. The predicted molar refractivity (Wildman–Crippen MR) is 71.7 cm³/mol. The molecule has 0 aromatic carbocycles. The summed E-state index contributed by atoms with van der Waals surface area (Å²) in [5.74, 6) is 0.290. The number of amides is 2. The summed E-state index contributed by atoms with van der Waals surface area (Å²) < 4.78 is 5.75. The number of aromatic nitrogens is 1. The van der Waals surface area contributed by atoms with E-state index in [4.69, 9.17) is 1.37 Å². The van der Waals surface area contributed by atoms with Gasteiger partial charge in [-0.15, -0.1) is 0 Å². The third-order valence-electron chi connectivity index (χ3n) is 2.76. The molecule has 6 heteroatoms. The molecule has 0 unspecified atom stereocenters. The van der Waals surface area contributed by atoms with Crippen molar-refractivity contribution in [2.75, 3.05) is 13.1 Å². The maximum absolute atomic E-state index is 12.1. The molecule has 1 aromatic heterocycles. The van der Waals surface area contributed by atoms with Gasteiger partial charge in [-0.25, -0.2) is 0 Å². The van der Waals surface area contributed by atoms with Gasteiger partial charge in [-0.3, -0.25) is 9.78 Å². The van der Waals surface area contributed by atoms with Gasteiger partial charge in [0.05, 0.1) is 0 Å². The number of carbonyl (C=O) groups excluding carboxylic acids is 2. The summed E-state index contributed by atoms with van der Waals surface area (Å²) in [6, 6.07) is 5.18. The summed E-state index contributed by atoms with van der Waals surface area (Å²) in [5.41, 5.74) is 0.398. The third-order valence-corrected chi connectivity index (χ3v) is 2.76. The van der Waals surface area contributed by atoms with Gasteiger partial charge >= 0.3 is 0 Å². The molecule has 2 rings (SSSR count). The van der Waals surface area contributed by atoms with Gasteiger partial charge in [-0.2, -0.15) is 19.2 Å². The summed E-state index contributed by atoms with van der Waals surface area (Å²) in [6.07, 6.45) is 4.49. The average Bonchev–Trinajstić information content (AvgIpc) is 3.00. The maximum Gasteiger partial charge on any atom is 0.270 e. The van der Waals surface area contributed by atoms with Gasteiger partial charge < -0.3 is 20.9 Å². The Morgan fingerprint density at radius 3 is 2.90 bits per heavy atom. The molecule has 1 aromatic rings. The summed E-state index contributed by atoms with van der Waals surface area (Å²) in [6.45, 7) is 4.19. The molecule has 1 radical (unpaired) electrons. The van der Waals surface area contributed by atoms with Crippen LogP contribution in [0.5, 0.6) is 0 Å². The molecule has 20 heavy (non-hydrogen) atoms. The van der Waals surface area contributed by atoms with Crippen molar-refractivity contribution in [1.29, 1.82) is 0 Å². The first-order chi connectivity index (χ1) is 9.72. The monoisotopic (exact) mass is 350 g/mol. The van der Waals surface area contributed by atoms with Gasteiger partial charge in [0.15, 0.2) is 0 Å². The first kappa shape index (κ1) is 16.9. The summed E-state index contributed by atoms with van der Waals surface area (Å²) in [5, 5.41) is 2.40. The Morgan fingerprint density at radius 1 is 1.55 bits per heavy atom. The van der Waals surface area contributed by atoms with Crippen molar-refractivity contribution in [1.82, 2.24) is 15.2 Å². The molecular formula is C14H17N3O2Y-2. The van der Waals surface area contributed by atoms with Gasteiger partial charge in [0.1, 0.15) is 5.69 Å². The van der Waals surface area contributed by atoms with Gasteiger partial charge in [0.25, 0.3) is 5.91 Å². The Labute approximate surface area is 146 Å². The van der Waals surface area contributed by atoms with Gasteiger partial charge in [-0.05, 0) is 18.7 Å². The number of nitrogens with one attached hydrogen (secondary N) is 1. The van der Waals surface area contributed by atoms with Gasteiger partial charge in [0, 0.05) is 40.3 Å². The smallest absolute Gasteiger partial charge is 0.270 e. The molecule has 1 N–H and O–H groups in total. The molecule has 0 aliphatic carbocycles. The Kier molecular flexibility index (Phi) is 7.48. The van der Waals surface area contributed by atoms with Crippen molar-refractivity contribution in [3.63, 3.8) is 0 Å². The van der Waals surface area contributed by atoms with Crippen molar-refractivity contribution in [3.05, 3.63) is 48.8 Å². The Balaban J connectivity index is 0.00000128. The minimum absolute atomic E-state index is 0. The first-order valence-corrected chi connectivity index (χ1v) is 5.60. The van der Waals surface area contributed by atoms with Crippen LogP contribution in [0.4, 0.5) is 0 Å². The van der Waals surface area contributed by atoms with Crippen LogP contribution in [0.25, 0.3) is 0 Å².